The number of amides is 1. The van der Waals surface area contributed by atoms with Gasteiger partial charge >= 0.3 is 0 Å². The molecular formula is C12H14ClN3OS. The molecule has 6 heteroatoms. The minimum atomic E-state index is -0.188. The summed E-state index contributed by atoms with van der Waals surface area (Å²) in [5.74, 6) is -0.188. The standard InChI is InChI=1S/C12H14ClN3OS/c1-7(9-5-4-6-18-9)14-12(17)10-8(2)15-16(3)11(10)13/h4-7H,1-3H3,(H,14,17). The largest absolute Gasteiger partial charge is 0.345 e. The molecule has 0 aliphatic carbocycles. The maximum absolute atomic E-state index is 12.2. The van der Waals surface area contributed by atoms with Crippen molar-refractivity contribution >= 4 is 28.8 Å². The Hall–Kier alpha value is -1.33. The molecule has 0 aliphatic heterocycles. The average Bonchev–Trinajstić information content (AvgIpc) is 2.88. The Balaban J connectivity index is 2.17. The lowest BCUT2D eigenvalue weighted by molar-refractivity contribution is 0.0940. The number of aryl methyl sites for hydroxylation is 2. The van der Waals surface area contributed by atoms with Crippen LogP contribution in [0.25, 0.3) is 0 Å². The van der Waals surface area contributed by atoms with Crippen LogP contribution in [0.5, 0.6) is 0 Å². The first-order valence-electron chi connectivity index (χ1n) is 5.54. The average molecular weight is 284 g/mol. The number of aromatic nitrogens is 2. The van der Waals surface area contributed by atoms with E-state index in [4.69, 9.17) is 11.6 Å². The topological polar surface area (TPSA) is 46.9 Å². The van der Waals surface area contributed by atoms with E-state index in [2.05, 4.69) is 10.4 Å². The molecule has 2 aromatic heterocycles. The second-order valence-corrected chi connectivity index (χ2v) is 5.42. The SMILES string of the molecule is Cc1nn(C)c(Cl)c1C(=O)NC(C)c1cccs1. The van der Waals surface area contributed by atoms with Crippen molar-refractivity contribution in [2.45, 2.75) is 19.9 Å². The monoisotopic (exact) mass is 283 g/mol. The smallest absolute Gasteiger partial charge is 0.256 e. The maximum atomic E-state index is 12.2. The molecule has 0 fully saturated rings. The molecule has 0 spiro atoms. The maximum Gasteiger partial charge on any atom is 0.256 e. The molecule has 1 atom stereocenters. The van der Waals surface area contributed by atoms with Gasteiger partial charge in [0, 0.05) is 11.9 Å². The zero-order valence-corrected chi connectivity index (χ0v) is 12.0. The lowest BCUT2D eigenvalue weighted by atomic mass is 10.2. The molecular weight excluding hydrogens is 270 g/mol. The van der Waals surface area contributed by atoms with Crippen LogP contribution in [0, 0.1) is 6.92 Å². The molecule has 4 nitrogen and oxygen atoms in total. The third-order valence-electron chi connectivity index (χ3n) is 2.70. The van der Waals surface area contributed by atoms with Crippen molar-refractivity contribution in [2.75, 3.05) is 0 Å². The highest BCUT2D eigenvalue weighted by molar-refractivity contribution is 7.10. The number of nitrogens with zero attached hydrogens (tertiary/aromatic N) is 2. The second-order valence-electron chi connectivity index (χ2n) is 4.09. The van der Waals surface area contributed by atoms with E-state index in [9.17, 15) is 4.79 Å². The fraction of sp³-hybridized carbons (Fsp3) is 0.333. The van der Waals surface area contributed by atoms with Crippen LogP contribution in [0.3, 0.4) is 0 Å². The quantitative estimate of drug-likeness (QED) is 0.941. The zero-order chi connectivity index (χ0) is 13.3. The van der Waals surface area contributed by atoms with Crippen LogP contribution in [0.2, 0.25) is 5.15 Å². The summed E-state index contributed by atoms with van der Waals surface area (Å²) in [4.78, 5) is 13.3. The van der Waals surface area contributed by atoms with E-state index < -0.39 is 0 Å². The van der Waals surface area contributed by atoms with Crippen LogP contribution in [0.4, 0.5) is 0 Å². The molecule has 18 heavy (non-hydrogen) atoms. The fourth-order valence-electron chi connectivity index (χ4n) is 1.77. The Morgan fingerprint density at radius 3 is 2.83 bits per heavy atom. The van der Waals surface area contributed by atoms with Gasteiger partial charge in [0.05, 0.1) is 17.3 Å². The molecule has 2 heterocycles. The Morgan fingerprint density at radius 2 is 2.33 bits per heavy atom. The van der Waals surface area contributed by atoms with Gasteiger partial charge in [0.25, 0.3) is 5.91 Å². The van der Waals surface area contributed by atoms with E-state index in [1.54, 1.807) is 25.3 Å². The second kappa shape index (κ2) is 5.12. The first kappa shape index (κ1) is 13.1. The molecule has 2 aromatic rings. The van der Waals surface area contributed by atoms with E-state index in [0.29, 0.717) is 16.4 Å². The van der Waals surface area contributed by atoms with Gasteiger partial charge in [0.1, 0.15) is 5.15 Å². The molecule has 1 amide bonds. The third-order valence-corrected chi connectivity index (χ3v) is 4.19. The highest BCUT2D eigenvalue weighted by Crippen LogP contribution is 2.22. The van der Waals surface area contributed by atoms with E-state index in [1.165, 1.54) is 4.68 Å². The number of carbonyl (C=O) groups excluding carboxylic acids is 1. The van der Waals surface area contributed by atoms with Crippen molar-refractivity contribution in [1.82, 2.24) is 15.1 Å². The van der Waals surface area contributed by atoms with E-state index >= 15 is 0 Å². The molecule has 0 aromatic carbocycles. The van der Waals surface area contributed by atoms with Crippen molar-refractivity contribution in [3.63, 3.8) is 0 Å². The Kier molecular flexibility index (Phi) is 3.73. The summed E-state index contributed by atoms with van der Waals surface area (Å²) < 4.78 is 1.50. The first-order chi connectivity index (χ1) is 8.50. The van der Waals surface area contributed by atoms with Gasteiger partial charge in [-0.2, -0.15) is 5.10 Å². The van der Waals surface area contributed by atoms with Crippen molar-refractivity contribution in [3.8, 4) is 0 Å². The highest BCUT2D eigenvalue weighted by atomic mass is 35.5. The van der Waals surface area contributed by atoms with Crippen LogP contribution in [0.15, 0.2) is 17.5 Å². The van der Waals surface area contributed by atoms with Crippen molar-refractivity contribution < 1.29 is 4.79 Å². The highest BCUT2D eigenvalue weighted by Gasteiger charge is 2.20. The van der Waals surface area contributed by atoms with Gasteiger partial charge < -0.3 is 5.32 Å². The summed E-state index contributed by atoms with van der Waals surface area (Å²) in [6.45, 7) is 3.72. The number of carbonyl (C=O) groups is 1. The molecule has 0 saturated carbocycles. The van der Waals surface area contributed by atoms with Crippen LogP contribution in [0.1, 0.15) is 33.9 Å². The van der Waals surface area contributed by atoms with Crippen molar-refractivity contribution in [1.29, 1.82) is 0 Å². The number of rotatable bonds is 3. The summed E-state index contributed by atoms with van der Waals surface area (Å²) in [5.41, 5.74) is 1.08. The number of halogens is 1. The van der Waals surface area contributed by atoms with Crippen LogP contribution >= 0.6 is 22.9 Å². The van der Waals surface area contributed by atoms with Gasteiger partial charge in [0.15, 0.2) is 0 Å². The van der Waals surface area contributed by atoms with E-state index in [0.717, 1.165) is 4.88 Å². The third kappa shape index (κ3) is 2.42. The Labute approximate surface area is 115 Å². The summed E-state index contributed by atoms with van der Waals surface area (Å²) in [7, 11) is 1.72. The molecule has 1 N–H and O–H groups in total. The minimum absolute atomic E-state index is 0.0341. The zero-order valence-electron chi connectivity index (χ0n) is 10.4. The lowest BCUT2D eigenvalue weighted by Gasteiger charge is -2.11. The predicted molar refractivity (Wildman–Crippen MR) is 73.2 cm³/mol. The molecule has 0 aliphatic rings. The van der Waals surface area contributed by atoms with Crippen LogP contribution < -0.4 is 5.32 Å². The van der Waals surface area contributed by atoms with Crippen LogP contribution in [-0.4, -0.2) is 15.7 Å². The lowest BCUT2D eigenvalue weighted by Crippen LogP contribution is -2.26. The fourth-order valence-corrected chi connectivity index (χ4v) is 2.76. The van der Waals surface area contributed by atoms with Crippen LogP contribution in [-0.2, 0) is 7.05 Å². The molecule has 96 valence electrons. The minimum Gasteiger partial charge on any atom is -0.345 e. The molecule has 1 unspecified atom stereocenters. The molecule has 0 radical (unpaired) electrons. The molecule has 2 rings (SSSR count). The summed E-state index contributed by atoms with van der Waals surface area (Å²) in [6.07, 6.45) is 0. The van der Waals surface area contributed by atoms with Crippen molar-refractivity contribution in [3.05, 3.63) is 38.8 Å². The number of hydrogen-bond donors (Lipinski definition) is 1. The van der Waals surface area contributed by atoms with E-state index in [-0.39, 0.29) is 11.9 Å². The number of hydrogen-bond acceptors (Lipinski definition) is 3. The Morgan fingerprint density at radius 1 is 1.61 bits per heavy atom. The van der Waals surface area contributed by atoms with Gasteiger partial charge in [0.2, 0.25) is 0 Å². The first-order valence-corrected chi connectivity index (χ1v) is 6.80. The normalized spacial score (nSPS) is 12.4. The van der Waals surface area contributed by atoms with Gasteiger partial charge in [-0.1, -0.05) is 17.7 Å². The van der Waals surface area contributed by atoms with Gasteiger partial charge in [-0.05, 0) is 25.3 Å². The number of nitrogens with one attached hydrogen (secondary N) is 1. The molecule has 0 bridgehead atoms. The summed E-state index contributed by atoms with van der Waals surface area (Å²) >= 11 is 7.67. The van der Waals surface area contributed by atoms with E-state index in [1.807, 2.05) is 24.4 Å². The Bertz CT molecular complexity index is 562. The van der Waals surface area contributed by atoms with Crippen molar-refractivity contribution in [2.24, 2.45) is 7.05 Å². The van der Waals surface area contributed by atoms with Gasteiger partial charge in [-0.15, -0.1) is 11.3 Å². The summed E-state index contributed by atoms with van der Waals surface area (Å²) in [5, 5.41) is 9.41. The van der Waals surface area contributed by atoms with Gasteiger partial charge in [-0.25, -0.2) is 0 Å². The molecule has 0 saturated heterocycles. The number of thiophene rings is 1. The predicted octanol–water partition coefficient (Wildman–Crippen LogP) is 2.93. The van der Waals surface area contributed by atoms with Gasteiger partial charge in [-0.3, -0.25) is 9.48 Å². The summed E-state index contributed by atoms with van der Waals surface area (Å²) in [6, 6.07) is 3.92.